The van der Waals surface area contributed by atoms with Crippen LogP contribution in [0.25, 0.3) is 0 Å². The van der Waals surface area contributed by atoms with E-state index in [9.17, 15) is 14.3 Å². The maximum Gasteiger partial charge on any atom is 0.416 e. The Balaban J connectivity index is 1.97. The number of thioether (sulfide) groups is 1. The summed E-state index contributed by atoms with van der Waals surface area (Å²) in [7, 11) is -0.397. The maximum atomic E-state index is 14.9. The molecule has 0 saturated carbocycles. The highest BCUT2D eigenvalue weighted by molar-refractivity contribution is 8.14. The molecule has 2 aliphatic rings. The van der Waals surface area contributed by atoms with Gasteiger partial charge in [-0.2, -0.15) is 0 Å². The first-order valence-corrected chi connectivity index (χ1v) is 14.1. The van der Waals surface area contributed by atoms with E-state index < -0.39 is 49.9 Å². The van der Waals surface area contributed by atoms with Crippen LogP contribution in [0, 0.1) is 0 Å². The van der Waals surface area contributed by atoms with Crippen LogP contribution in [0.2, 0.25) is 18.1 Å². The molecule has 0 spiro atoms. The van der Waals surface area contributed by atoms with E-state index in [0.29, 0.717) is 18.2 Å². The normalized spacial score (nSPS) is 30.0. The van der Waals surface area contributed by atoms with Gasteiger partial charge in [0.1, 0.15) is 23.2 Å². The van der Waals surface area contributed by atoms with Crippen molar-refractivity contribution in [2.75, 3.05) is 13.7 Å². The maximum absolute atomic E-state index is 14.9. The molecule has 30 heavy (non-hydrogen) atoms. The van der Waals surface area contributed by atoms with Crippen molar-refractivity contribution in [2.45, 2.75) is 102 Å². The number of hydrogen-bond donors (Lipinski definition) is 1. The van der Waals surface area contributed by atoms with Crippen molar-refractivity contribution < 1.29 is 28.2 Å². The smallest absolute Gasteiger partial charge is 0.416 e. The van der Waals surface area contributed by atoms with Crippen molar-refractivity contribution in [1.29, 1.82) is 0 Å². The van der Waals surface area contributed by atoms with E-state index in [-0.39, 0.29) is 5.04 Å². The van der Waals surface area contributed by atoms with Crippen molar-refractivity contribution >= 4 is 31.3 Å². The van der Waals surface area contributed by atoms with Crippen molar-refractivity contribution in [1.82, 2.24) is 4.90 Å². The number of carbonyl (C=O) groups is 1. The summed E-state index contributed by atoms with van der Waals surface area (Å²) in [4.78, 5) is 17.8. The van der Waals surface area contributed by atoms with E-state index in [0.717, 1.165) is 0 Å². The molecule has 1 saturated heterocycles. The lowest BCUT2D eigenvalue weighted by Gasteiger charge is -2.39. The number of aliphatic hydroxyl groups is 1. The van der Waals surface area contributed by atoms with Gasteiger partial charge in [-0.05, 0) is 45.3 Å². The Morgan fingerprint density at radius 1 is 1.30 bits per heavy atom. The minimum atomic E-state index is -1.93. The van der Waals surface area contributed by atoms with E-state index in [2.05, 4.69) is 38.9 Å². The average Bonchev–Trinajstić information content (AvgIpc) is 3.00. The summed E-state index contributed by atoms with van der Waals surface area (Å²) in [5.41, 5.74) is -1.24. The number of nitrogens with zero attached hydrogens (tertiary/aromatic N) is 2. The monoisotopic (exact) mass is 464 g/mol. The number of rotatable bonds is 4. The van der Waals surface area contributed by atoms with Crippen LogP contribution in [0.4, 0.5) is 9.18 Å². The molecule has 0 aromatic carbocycles. The van der Waals surface area contributed by atoms with Gasteiger partial charge in [0, 0.05) is 13.7 Å². The molecule has 0 bridgehead atoms. The largest absolute Gasteiger partial charge is 0.443 e. The van der Waals surface area contributed by atoms with Gasteiger partial charge < -0.3 is 19.0 Å². The molecule has 2 heterocycles. The van der Waals surface area contributed by atoms with Crippen LogP contribution in [0.1, 0.15) is 48.0 Å². The molecule has 174 valence electrons. The first kappa shape index (κ1) is 25.6. The summed E-state index contributed by atoms with van der Waals surface area (Å²) >= 11 is 1.18. The summed E-state index contributed by atoms with van der Waals surface area (Å²) in [5.74, 6) is 0. The molecule has 1 N–H and O–H groups in total. The fourth-order valence-electron chi connectivity index (χ4n) is 2.84. The van der Waals surface area contributed by atoms with Gasteiger partial charge in [-0.1, -0.05) is 32.5 Å². The summed E-state index contributed by atoms with van der Waals surface area (Å²) in [5, 5.41) is 10.8. The summed E-state index contributed by atoms with van der Waals surface area (Å²) in [6.45, 7) is 16.5. The molecule has 0 aliphatic carbocycles. The second kappa shape index (κ2) is 9.05. The van der Waals surface area contributed by atoms with Gasteiger partial charge in [0.25, 0.3) is 0 Å². The van der Waals surface area contributed by atoms with Crippen LogP contribution in [0.15, 0.2) is 4.99 Å². The van der Waals surface area contributed by atoms with Crippen LogP contribution in [0.5, 0.6) is 0 Å². The Morgan fingerprint density at radius 2 is 1.90 bits per heavy atom. The lowest BCUT2D eigenvalue weighted by molar-refractivity contribution is -0.135. The van der Waals surface area contributed by atoms with Crippen LogP contribution in [0.3, 0.4) is 0 Å². The Labute approximate surface area is 184 Å². The molecule has 1 fully saturated rings. The second-order valence-electron chi connectivity index (χ2n) is 10.4. The van der Waals surface area contributed by atoms with Gasteiger partial charge in [0.05, 0.1) is 6.10 Å². The Bertz CT molecular complexity index is 665. The number of carbonyl (C=O) groups excluding carboxylic acids is 1. The molecular formula is C20H37FN2O5SSi. The summed E-state index contributed by atoms with van der Waals surface area (Å²) in [6, 6.07) is -0.859. The SMILES string of the molecule is CN(C(=O)OC(C)(C)C)C1=N[C@@H]2[C@@H](F)[C@H](O)[C@H](CCO[Si](C)(C)C(C)(C)C)O[C@@H]2S1. The number of amides is 1. The van der Waals surface area contributed by atoms with Crippen LogP contribution in [-0.2, 0) is 13.9 Å². The van der Waals surface area contributed by atoms with Gasteiger partial charge in [0.2, 0.25) is 0 Å². The third kappa shape index (κ3) is 5.97. The van der Waals surface area contributed by atoms with Crippen molar-refractivity contribution in [3.63, 3.8) is 0 Å². The highest BCUT2D eigenvalue weighted by Crippen LogP contribution is 2.40. The quantitative estimate of drug-likeness (QED) is 0.629. The summed E-state index contributed by atoms with van der Waals surface area (Å²) < 4.78 is 32.4. The van der Waals surface area contributed by atoms with Crippen molar-refractivity contribution in [2.24, 2.45) is 4.99 Å². The zero-order valence-electron chi connectivity index (χ0n) is 19.6. The number of halogens is 1. The molecule has 0 radical (unpaired) electrons. The number of fused-ring (bicyclic) bond motifs is 1. The summed E-state index contributed by atoms with van der Waals surface area (Å²) in [6.07, 6.45) is -3.71. The van der Waals surface area contributed by atoms with E-state index in [1.807, 2.05) is 0 Å². The lowest BCUT2D eigenvalue weighted by atomic mass is 9.98. The number of aliphatic imine (C=N–C) groups is 1. The Hall–Kier alpha value is -0.683. The fraction of sp³-hybridized carbons (Fsp3) is 0.900. The topological polar surface area (TPSA) is 80.6 Å². The fourth-order valence-corrected chi connectivity index (χ4v) is 5.07. The molecule has 7 nitrogen and oxygen atoms in total. The van der Waals surface area contributed by atoms with Crippen molar-refractivity contribution in [3.05, 3.63) is 0 Å². The molecule has 2 rings (SSSR count). The highest BCUT2D eigenvalue weighted by atomic mass is 32.2. The van der Waals surface area contributed by atoms with E-state index >= 15 is 0 Å². The second-order valence-corrected chi connectivity index (χ2v) is 16.3. The van der Waals surface area contributed by atoms with E-state index in [4.69, 9.17) is 13.9 Å². The first-order valence-electron chi connectivity index (χ1n) is 10.4. The number of amidine groups is 1. The molecule has 0 aromatic heterocycles. The molecule has 0 unspecified atom stereocenters. The van der Waals surface area contributed by atoms with Crippen LogP contribution in [-0.4, -0.2) is 78.7 Å². The van der Waals surface area contributed by atoms with Gasteiger partial charge >= 0.3 is 6.09 Å². The number of aliphatic hydroxyl groups excluding tert-OH is 1. The standard InChI is InChI=1S/C20H37FN2O5SSi/c1-19(2,3)28-18(25)23(7)17-22-14-13(21)15(24)12(27-16(14)29-17)10-11-26-30(8,9)20(4,5)6/h12-16,24H,10-11H2,1-9H3/t12-,13+,14+,15+,16+/m0/s1. The van der Waals surface area contributed by atoms with Gasteiger partial charge in [-0.15, -0.1) is 0 Å². The predicted molar refractivity (Wildman–Crippen MR) is 120 cm³/mol. The molecular weight excluding hydrogens is 427 g/mol. The molecule has 2 aliphatic heterocycles. The van der Waals surface area contributed by atoms with E-state index in [1.165, 1.54) is 23.7 Å². The highest BCUT2D eigenvalue weighted by Gasteiger charge is 2.50. The number of hydrogen-bond acceptors (Lipinski definition) is 7. The third-order valence-corrected chi connectivity index (χ3v) is 11.5. The third-order valence-electron chi connectivity index (χ3n) is 5.73. The Kier molecular flexibility index (Phi) is 7.72. The minimum absolute atomic E-state index is 0.0725. The molecule has 5 atom stereocenters. The van der Waals surface area contributed by atoms with Gasteiger partial charge in [-0.3, -0.25) is 9.89 Å². The van der Waals surface area contributed by atoms with Crippen LogP contribution >= 0.6 is 11.8 Å². The molecule has 1 amide bonds. The molecule has 0 aromatic rings. The Morgan fingerprint density at radius 3 is 2.43 bits per heavy atom. The zero-order chi connectivity index (χ0) is 23.1. The average molecular weight is 465 g/mol. The number of ether oxygens (including phenoxy) is 2. The molecule has 10 heteroatoms. The van der Waals surface area contributed by atoms with Gasteiger partial charge in [-0.25, -0.2) is 9.18 Å². The first-order chi connectivity index (χ1) is 13.5. The van der Waals surface area contributed by atoms with Gasteiger partial charge in [0.15, 0.2) is 19.7 Å². The van der Waals surface area contributed by atoms with Crippen molar-refractivity contribution in [3.8, 4) is 0 Å². The minimum Gasteiger partial charge on any atom is -0.443 e. The van der Waals surface area contributed by atoms with E-state index in [1.54, 1.807) is 20.8 Å². The predicted octanol–water partition coefficient (Wildman–Crippen LogP) is 4.16. The number of alkyl halides is 1. The van der Waals surface area contributed by atoms with Crippen LogP contribution < -0.4 is 0 Å². The zero-order valence-corrected chi connectivity index (χ0v) is 21.4. The lowest BCUT2D eigenvalue weighted by Crippen LogP contribution is -2.53.